The van der Waals surface area contributed by atoms with Crippen molar-refractivity contribution in [2.45, 2.75) is 38.8 Å². The molecule has 8 nitrogen and oxygen atoms in total. The van der Waals surface area contributed by atoms with Crippen LogP contribution in [0, 0.1) is 0 Å². The van der Waals surface area contributed by atoms with E-state index in [9.17, 15) is 18.0 Å². The number of nitrogens with one attached hydrogen (secondary N) is 1. The Morgan fingerprint density at radius 2 is 1.77 bits per heavy atom. The number of para-hydroxylation sites is 1. The Kier molecular flexibility index (Phi) is 7.54. The first-order valence-electron chi connectivity index (χ1n) is 11.2. The number of amides is 1. The number of hydrogen-bond acceptors (Lipinski definition) is 6. The highest BCUT2D eigenvalue weighted by atomic mass is 19.4. The lowest BCUT2D eigenvalue weighted by molar-refractivity contribution is -0.274. The zero-order chi connectivity index (χ0) is 24.8. The molecule has 186 valence electrons. The van der Waals surface area contributed by atoms with Gasteiger partial charge >= 0.3 is 6.36 Å². The molecule has 1 aliphatic rings. The summed E-state index contributed by atoms with van der Waals surface area (Å²) in [6, 6.07) is 14.7. The highest BCUT2D eigenvalue weighted by Gasteiger charge is 2.31. The largest absolute Gasteiger partial charge is 0.573 e. The second-order valence-electron chi connectivity index (χ2n) is 8.23. The van der Waals surface area contributed by atoms with Crippen molar-refractivity contribution >= 4 is 5.91 Å². The Hall–Kier alpha value is -3.60. The van der Waals surface area contributed by atoms with Gasteiger partial charge in [0.05, 0.1) is 6.04 Å². The molecular formula is C24H26F3N5O3. The second-order valence-corrected chi connectivity index (χ2v) is 8.23. The van der Waals surface area contributed by atoms with E-state index < -0.39 is 6.36 Å². The molecule has 0 saturated carbocycles. The van der Waals surface area contributed by atoms with Crippen LogP contribution in [0.4, 0.5) is 13.2 Å². The average Bonchev–Trinajstić information content (AvgIpc) is 3.13. The maximum atomic E-state index is 12.4. The third kappa shape index (κ3) is 6.95. The zero-order valence-electron chi connectivity index (χ0n) is 19.2. The predicted octanol–water partition coefficient (Wildman–Crippen LogP) is 3.49. The molecule has 0 unspecified atom stereocenters. The first-order valence-corrected chi connectivity index (χ1v) is 11.2. The maximum Gasteiger partial charge on any atom is 0.573 e. The summed E-state index contributed by atoms with van der Waals surface area (Å²) in [7, 11) is 0. The van der Waals surface area contributed by atoms with Crippen LogP contribution in [0.1, 0.15) is 30.2 Å². The van der Waals surface area contributed by atoms with Gasteiger partial charge in [-0.15, -0.1) is 23.4 Å². The molecule has 1 atom stereocenters. The Labute approximate surface area is 200 Å². The number of carbonyl (C=O) groups is 1. The Morgan fingerprint density at radius 3 is 2.49 bits per heavy atom. The van der Waals surface area contributed by atoms with Crippen LogP contribution >= 0.6 is 0 Å². The van der Waals surface area contributed by atoms with Crippen LogP contribution in [0.15, 0.2) is 54.6 Å². The van der Waals surface area contributed by atoms with Crippen molar-refractivity contribution < 1.29 is 27.4 Å². The summed E-state index contributed by atoms with van der Waals surface area (Å²) in [4.78, 5) is 14.5. The summed E-state index contributed by atoms with van der Waals surface area (Å²) < 4.78 is 48.5. The summed E-state index contributed by atoms with van der Waals surface area (Å²) in [5, 5.41) is 11.5. The Bertz CT molecular complexity index is 1120. The van der Waals surface area contributed by atoms with Crippen LogP contribution in [0.2, 0.25) is 0 Å². The third-order valence-electron chi connectivity index (χ3n) is 5.59. The minimum Gasteiger partial charge on any atom is -0.484 e. The van der Waals surface area contributed by atoms with Gasteiger partial charge in [-0.2, -0.15) is 0 Å². The standard InChI is InChI=1S/C24H26F3N5O3/c1-17(28-22(33)16-34-19-5-3-2-4-6-19)23-30-29-21-11-12-31(13-14-32(21)23)15-18-7-9-20(10-8-18)35-24(25,26)27/h2-10,17H,11-16H2,1H3,(H,28,33)/t17-/m1/s1. The highest BCUT2D eigenvalue weighted by molar-refractivity contribution is 5.77. The van der Waals surface area contributed by atoms with Gasteiger partial charge in [0.2, 0.25) is 0 Å². The fourth-order valence-electron chi connectivity index (χ4n) is 3.94. The van der Waals surface area contributed by atoms with Gasteiger partial charge in [0.25, 0.3) is 5.91 Å². The number of hydrogen-bond donors (Lipinski definition) is 1. The molecule has 11 heteroatoms. The summed E-state index contributed by atoms with van der Waals surface area (Å²) >= 11 is 0. The van der Waals surface area contributed by atoms with Crippen molar-refractivity contribution in [3.8, 4) is 11.5 Å². The van der Waals surface area contributed by atoms with Crippen molar-refractivity contribution in [3.63, 3.8) is 0 Å². The average molecular weight is 489 g/mol. The molecule has 3 aromatic rings. The van der Waals surface area contributed by atoms with Crippen molar-refractivity contribution in [1.82, 2.24) is 25.0 Å². The van der Waals surface area contributed by atoms with Gasteiger partial charge in [-0.25, -0.2) is 0 Å². The molecule has 1 amide bonds. The Morgan fingerprint density at radius 1 is 1.03 bits per heavy atom. The van der Waals surface area contributed by atoms with E-state index in [0.717, 1.165) is 17.9 Å². The normalized spacial score (nSPS) is 15.1. The number of carbonyl (C=O) groups excluding carboxylic acids is 1. The predicted molar refractivity (Wildman–Crippen MR) is 121 cm³/mol. The van der Waals surface area contributed by atoms with E-state index in [-0.39, 0.29) is 24.3 Å². The number of aromatic nitrogens is 3. The van der Waals surface area contributed by atoms with Crippen molar-refractivity contribution in [2.75, 3.05) is 19.7 Å². The van der Waals surface area contributed by atoms with Crippen LogP contribution in [0.25, 0.3) is 0 Å². The smallest absolute Gasteiger partial charge is 0.484 e. The van der Waals surface area contributed by atoms with Gasteiger partial charge < -0.3 is 19.4 Å². The van der Waals surface area contributed by atoms with Gasteiger partial charge in [-0.05, 0) is 36.8 Å². The molecule has 0 bridgehead atoms. The van der Waals surface area contributed by atoms with Crippen molar-refractivity contribution in [2.24, 2.45) is 0 Å². The molecule has 2 aromatic carbocycles. The topological polar surface area (TPSA) is 81.5 Å². The summed E-state index contributed by atoms with van der Waals surface area (Å²) in [6.07, 6.45) is -4.04. The SMILES string of the molecule is C[C@@H](NC(=O)COc1ccccc1)c1nnc2n1CCN(Cc1ccc(OC(F)(F)F)cc1)CC2. The van der Waals surface area contributed by atoms with Gasteiger partial charge in [-0.3, -0.25) is 9.69 Å². The molecule has 4 rings (SSSR count). The van der Waals surface area contributed by atoms with Gasteiger partial charge in [0, 0.05) is 32.6 Å². The minimum absolute atomic E-state index is 0.101. The summed E-state index contributed by atoms with van der Waals surface area (Å²) in [5.74, 6) is 1.63. The number of benzene rings is 2. The molecular weight excluding hydrogens is 463 g/mol. The molecule has 1 N–H and O–H groups in total. The Balaban J connectivity index is 1.30. The van der Waals surface area contributed by atoms with E-state index in [1.807, 2.05) is 29.7 Å². The molecule has 1 aromatic heterocycles. The van der Waals surface area contributed by atoms with Crippen LogP contribution in [0.3, 0.4) is 0 Å². The number of rotatable bonds is 8. The van der Waals surface area contributed by atoms with Crippen LogP contribution in [0.5, 0.6) is 11.5 Å². The summed E-state index contributed by atoms with van der Waals surface area (Å²) in [5.41, 5.74) is 0.886. The lowest BCUT2D eigenvalue weighted by Gasteiger charge is -2.20. The molecule has 0 fully saturated rings. The third-order valence-corrected chi connectivity index (χ3v) is 5.59. The molecule has 35 heavy (non-hydrogen) atoms. The number of ether oxygens (including phenoxy) is 2. The van der Waals surface area contributed by atoms with E-state index in [0.29, 0.717) is 37.6 Å². The number of halogens is 3. The quantitative estimate of drug-likeness (QED) is 0.522. The zero-order valence-corrected chi connectivity index (χ0v) is 19.2. The van der Waals surface area contributed by atoms with Crippen LogP contribution in [-0.4, -0.2) is 51.6 Å². The first kappa shape index (κ1) is 24.5. The van der Waals surface area contributed by atoms with Gasteiger partial charge in [0.1, 0.15) is 17.3 Å². The number of fused-ring (bicyclic) bond motifs is 1. The lowest BCUT2D eigenvalue weighted by atomic mass is 10.2. The van der Waals surface area contributed by atoms with E-state index in [2.05, 4.69) is 25.2 Å². The highest BCUT2D eigenvalue weighted by Crippen LogP contribution is 2.23. The maximum absolute atomic E-state index is 12.4. The van der Waals surface area contributed by atoms with E-state index in [4.69, 9.17) is 4.74 Å². The molecule has 0 radical (unpaired) electrons. The van der Waals surface area contributed by atoms with E-state index >= 15 is 0 Å². The van der Waals surface area contributed by atoms with E-state index in [1.165, 1.54) is 12.1 Å². The second kappa shape index (κ2) is 10.8. The van der Waals surface area contributed by atoms with Crippen molar-refractivity contribution in [1.29, 1.82) is 0 Å². The van der Waals surface area contributed by atoms with E-state index in [1.54, 1.807) is 24.3 Å². The number of alkyl halides is 3. The van der Waals surface area contributed by atoms with Gasteiger partial charge in [-0.1, -0.05) is 30.3 Å². The fraction of sp³-hybridized carbons (Fsp3) is 0.375. The summed E-state index contributed by atoms with van der Waals surface area (Å²) in [6.45, 7) is 4.40. The molecule has 0 spiro atoms. The fourth-order valence-corrected chi connectivity index (χ4v) is 3.94. The lowest BCUT2D eigenvalue weighted by Crippen LogP contribution is -2.33. The molecule has 1 aliphatic heterocycles. The molecule has 2 heterocycles. The first-order chi connectivity index (χ1) is 16.8. The van der Waals surface area contributed by atoms with Crippen molar-refractivity contribution in [3.05, 3.63) is 71.8 Å². The number of nitrogens with zero attached hydrogens (tertiary/aromatic N) is 4. The van der Waals surface area contributed by atoms with Crippen LogP contribution in [-0.2, 0) is 24.3 Å². The monoisotopic (exact) mass is 489 g/mol. The minimum atomic E-state index is -4.70. The van der Waals surface area contributed by atoms with Gasteiger partial charge in [0.15, 0.2) is 12.4 Å². The van der Waals surface area contributed by atoms with Crippen LogP contribution < -0.4 is 14.8 Å². The molecule has 0 saturated heterocycles. The molecule has 0 aliphatic carbocycles.